The predicted molar refractivity (Wildman–Crippen MR) is 84.6 cm³/mol. The lowest BCUT2D eigenvalue weighted by molar-refractivity contribution is 0.432. The molecule has 1 aliphatic rings. The van der Waals surface area contributed by atoms with Gasteiger partial charge in [-0.05, 0) is 44.4 Å². The van der Waals surface area contributed by atoms with Gasteiger partial charge in [-0.25, -0.2) is 4.68 Å². The molecule has 4 nitrogen and oxygen atoms in total. The summed E-state index contributed by atoms with van der Waals surface area (Å²) in [4.78, 5) is 0. The number of hydrogen-bond acceptors (Lipinski definition) is 3. The number of para-hydroxylation sites is 1. The van der Waals surface area contributed by atoms with Gasteiger partial charge >= 0.3 is 0 Å². The van der Waals surface area contributed by atoms with E-state index in [2.05, 4.69) is 41.6 Å². The van der Waals surface area contributed by atoms with E-state index in [1.165, 1.54) is 25.0 Å². The third-order valence-corrected chi connectivity index (χ3v) is 4.59. The number of nitrogens with one attached hydrogen (secondary N) is 1. The van der Waals surface area contributed by atoms with Gasteiger partial charge < -0.3 is 5.32 Å². The topological polar surface area (TPSA) is 42.7 Å². The zero-order valence-electron chi connectivity index (χ0n) is 12.9. The van der Waals surface area contributed by atoms with E-state index in [9.17, 15) is 0 Å². The van der Waals surface area contributed by atoms with Crippen LogP contribution in [0.3, 0.4) is 0 Å². The number of hydrogen-bond donors (Lipinski definition) is 1. The molecule has 0 bridgehead atoms. The third-order valence-electron chi connectivity index (χ3n) is 4.59. The standard InChI is InChI=1S/C17H24N4/c1-3-11-18-14-9-10-17(2,12-14)16-13-19-20-21(16)15-7-5-4-6-8-15/h4-8,13-14,18H,3,9-12H2,1-2H3. The van der Waals surface area contributed by atoms with E-state index in [1.807, 2.05) is 29.1 Å². The molecule has 0 aliphatic heterocycles. The van der Waals surface area contributed by atoms with Gasteiger partial charge in [0.25, 0.3) is 0 Å². The van der Waals surface area contributed by atoms with Crippen molar-refractivity contribution in [2.45, 2.75) is 51.0 Å². The Balaban J connectivity index is 1.83. The van der Waals surface area contributed by atoms with Crippen LogP contribution in [0.15, 0.2) is 36.5 Å². The summed E-state index contributed by atoms with van der Waals surface area (Å²) in [6.45, 7) is 5.67. The summed E-state index contributed by atoms with van der Waals surface area (Å²) in [6, 6.07) is 10.9. The fourth-order valence-corrected chi connectivity index (χ4v) is 3.40. The summed E-state index contributed by atoms with van der Waals surface area (Å²) in [7, 11) is 0. The molecule has 2 aromatic rings. The minimum absolute atomic E-state index is 0.157. The van der Waals surface area contributed by atoms with Gasteiger partial charge in [-0.3, -0.25) is 0 Å². The molecule has 0 spiro atoms. The average Bonchev–Trinajstić information content (AvgIpc) is 3.14. The summed E-state index contributed by atoms with van der Waals surface area (Å²) >= 11 is 0. The highest BCUT2D eigenvalue weighted by molar-refractivity contribution is 5.34. The van der Waals surface area contributed by atoms with Gasteiger partial charge in [0.05, 0.1) is 17.6 Å². The minimum atomic E-state index is 0.157. The summed E-state index contributed by atoms with van der Waals surface area (Å²) in [5.41, 5.74) is 2.48. The molecule has 21 heavy (non-hydrogen) atoms. The van der Waals surface area contributed by atoms with Gasteiger partial charge in [-0.1, -0.05) is 37.3 Å². The Bertz CT molecular complexity index is 577. The van der Waals surface area contributed by atoms with Crippen LogP contribution in [0.5, 0.6) is 0 Å². The number of benzene rings is 1. The maximum absolute atomic E-state index is 4.31. The lowest BCUT2D eigenvalue weighted by Gasteiger charge is -2.25. The van der Waals surface area contributed by atoms with Crippen molar-refractivity contribution >= 4 is 0 Å². The monoisotopic (exact) mass is 284 g/mol. The van der Waals surface area contributed by atoms with Crippen molar-refractivity contribution in [3.05, 3.63) is 42.2 Å². The molecular formula is C17H24N4. The van der Waals surface area contributed by atoms with Crippen molar-refractivity contribution in [1.82, 2.24) is 20.3 Å². The van der Waals surface area contributed by atoms with Crippen LogP contribution in [0.1, 0.15) is 45.2 Å². The van der Waals surface area contributed by atoms with Gasteiger partial charge in [-0.2, -0.15) is 0 Å². The van der Waals surface area contributed by atoms with Crippen molar-refractivity contribution in [3.63, 3.8) is 0 Å². The lowest BCUT2D eigenvalue weighted by atomic mass is 9.85. The highest BCUT2D eigenvalue weighted by atomic mass is 15.4. The smallest absolute Gasteiger partial charge is 0.0735 e. The Morgan fingerprint density at radius 3 is 2.90 bits per heavy atom. The first-order valence-corrected chi connectivity index (χ1v) is 7.93. The van der Waals surface area contributed by atoms with E-state index < -0.39 is 0 Å². The first-order chi connectivity index (χ1) is 10.2. The van der Waals surface area contributed by atoms with E-state index in [4.69, 9.17) is 0 Å². The molecule has 2 atom stereocenters. The van der Waals surface area contributed by atoms with Crippen LogP contribution in [0, 0.1) is 0 Å². The largest absolute Gasteiger partial charge is 0.314 e. The molecule has 1 aromatic heterocycles. The zero-order valence-corrected chi connectivity index (χ0v) is 12.9. The van der Waals surface area contributed by atoms with E-state index in [0.717, 1.165) is 18.7 Å². The van der Waals surface area contributed by atoms with Gasteiger partial charge in [0, 0.05) is 11.5 Å². The molecule has 1 aromatic carbocycles. The van der Waals surface area contributed by atoms with Crippen molar-refractivity contribution in [3.8, 4) is 5.69 Å². The number of aromatic nitrogens is 3. The van der Waals surface area contributed by atoms with E-state index in [-0.39, 0.29) is 5.41 Å². The van der Waals surface area contributed by atoms with Crippen molar-refractivity contribution in [2.75, 3.05) is 6.54 Å². The SMILES string of the molecule is CCCNC1CCC(C)(c2cnnn2-c2ccccc2)C1. The molecule has 3 rings (SSSR count). The van der Waals surface area contributed by atoms with Crippen molar-refractivity contribution < 1.29 is 0 Å². The van der Waals surface area contributed by atoms with Crippen molar-refractivity contribution in [1.29, 1.82) is 0 Å². The maximum atomic E-state index is 4.31. The molecular weight excluding hydrogens is 260 g/mol. The molecule has 1 N–H and O–H groups in total. The lowest BCUT2D eigenvalue weighted by Crippen LogP contribution is -2.30. The number of rotatable bonds is 5. The molecule has 0 saturated heterocycles. The highest BCUT2D eigenvalue weighted by Crippen LogP contribution is 2.41. The number of nitrogens with zero attached hydrogens (tertiary/aromatic N) is 3. The van der Waals surface area contributed by atoms with Crippen LogP contribution >= 0.6 is 0 Å². The fourth-order valence-electron chi connectivity index (χ4n) is 3.40. The second kappa shape index (κ2) is 5.98. The first-order valence-electron chi connectivity index (χ1n) is 7.93. The molecule has 112 valence electrons. The second-order valence-electron chi connectivity index (χ2n) is 6.32. The zero-order chi connectivity index (χ0) is 14.7. The van der Waals surface area contributed by atoms with Crippen LogP contribution in [0.2, 0.25) is 0 Å². The van der Waals surface area contributed by atoms with Crippen LogP contribution in [0.25, 0.3) is 5.69 Å². The molecule has 1 saturated carbocycles. The summed E-state index contributed by atoms with van der Waals surface area (Å²) < 4.78 is 2.00. The Hall–Kier alpha value is -1.68. The molecule has 4 heteroatoms. The summed E-state index contributed by atoms with van der Waals surface area (Å²) in [6.07, 6.45) is 6.71. The van der Waals surface area contributed by atoms with E-state index in [1.54, 1.807) is 0 Å². The molecule has 0 radical (unpaired) electrons. The van der Waals surface area contributed by atoms with Gasteiger partial charge in [0.2, 0.25) is 0 Å². The van der Waals surface area contributed by atoms with Crippen LogP contribution in [0.4, 0.5) is 0 Å². The normalized spacial score (nSPS) is 25.3. The molecule has 2 unspecified atom stereocenters. The molecule has 1 fully saturated rings. The predicted octanol–water partition coefficient (Wildman–Crippen LogP) is 3.08. The Morgan fingerprint density at radius 1 is 1.33 bits per heavy atom. The summed E-state index contributed by atoms with van der Waals surface area (Å²) in [5.74, 6) is 0. The van der Waals surface area contributed by atoms with Crippen LogP contribution < -0.4 is 5.32 Å². The van der Waals surface area contributed by atoms with Gasteiger partial charge in [0.1, 0.15) is 0 Å². The first kappa shape index (κ1) is 14.3. The Labute approximate surface area is 126 Å². The van der Waals surface area contributed by atoms with E-state index >= 15 is 0 Å². The van der Waals surface area contributed by atoms with Crippen molar-refractivity contribution in [2.24, 2.45) is 0 Å². The van der Waals surface area contributed by atoms with Gasteiger partial charge in [-0.15, -0.1) is 5.10 Å². The van der Waals surface area contributed by atoms with E-state index in [0.29, 0.717) is 6.04 Å². The van der Waals surface area contributed by atoms with Crippen LogP contribution in [-0.2, 0) is 5.41 Å². The van der Waals surface area contributed by atoms with Gasteiger partial charge in [0.15, 0.2) is 0 Å². The Kier molecular flexibility index (Phi) is 4.06. The molecule has 1 heterocycles. The average molecular weight is 284 g/mol. The minimum Gasteiger partial charge on any atom is -0.314 e. The summed E-state index contributed by atoms with van der Waals surface area (Å²) in [5, 5.41) is 12.1. The molecule has 0 amide bonds. The van der Waals surface area contributed by atoms with Crippen LogP contribution in [-0.4, -0.2) is 27.6 Å². The third kappa shape index (κ3) is 2.86. The highest BCUT2D eigenvalue weighted by Gasteiger charge is 2.39. The fraction of sp³-hybridized carbons (Fsp3) is 0.529. The quantitative estimate of drug-likeness (QED) is 0.917. The maximum Gasteiger partial charge on any atom is 0.0735 e. The Morgan fingerprint density at radius 2 is 2.14 bits per heavy atom. The second-order valence-corrected chi connectivity index (χ2v) is 6.32. The molecule has 1 aliphatic carbocycles.